The first-order valence-corrected chi connectivity index (χ1v) is 10.3. The van der Waals surface area contributed by atoms with Gasteiger partial charge >= 0.3 is 0 Å². The molecule has 7 heteroatoms. The molecule has 3 rings (SSSR count). The fraction of sp³-hybridized carbons (Fsp3) is 0.391. The predicted molar refractivity (Wildman–Crippen MR) is 115 cm³/mol. The van der Waals surface area contributed by atoms with Crippen LogP contribution in [0.1, 0.15) is 36.0 Å². The van der Waals surface area contributed by atoms with Crippen molar-refractivity contribution in [3.63, 3.8) is 0 Å². The highest BCUT2D eigenvalue weighted by Crippen LogP contribution is 2.29. The van der Waals surface area contributed by atoms with Gasteiger partial charge in [0.2, 0.25) is 5.91 Å². The van der Waals surface area contributed by atoms with E-state index in [1.807, 2.05) is 42.5 Å². The molecule has 0 saturated heterocycles. The van der Waals surface area contributed by atoms with E-state index in [1.165, 1.54) is 0 Å². The topological polar surface area (TPSA) is 111 Å². The van der Waals surface area contributed by atoms with Gasteiger partial charge in [0.15, 0.2) is 0 Å². The van der Waals surface area contributed by atoms with Crippen LogP contribution >= 0.6 is 0 Å². The van der Waals surface area contributed by atoms with Crippen LogP contribution in [0.3, 0.4) is 0 Å². The Morgan fingerprint density at radius 2 is 1.47 bits per heavy atom. The van der Waals surface area contributed by atoms with E-state index in [1.54, 1.807) is 12.1 Å². The quantitative estimate of drug-likeness (QED) is 0.389. The number of hydrogen-bond acceptors (Lipinski definition) is 5. The summed E-state index contributed by atoms with van der Waals surface area (Å²) in [6.07, 6.45) is 2.70. The summed E-state index contributed by atoms with van der Waals surface area (Å²) in [5, 5.41) is 28.2. The molecule has 2 amide bonds. The minimum atomic E-state index is -0.478. The summed E-state index contributed by atoms with van der Waals surface area (Å²) in [6, 6.07) is 15.9. The van der Waals surface area contributed by atoms with Crippen LogP contribution in [0.15, 0.2) is 54.6 Å². The second-order valence-electron chi connectivity index (χ2n) is 7.63. The number of anilines is 2. The van der Waals surface area contributed by atoms with Gasteiger partial charge in [0, 0.05) is 11.6 Å². The van der Waals surface area contributed by atoms with Crippen molar-refractivity contribution in [3.05, 3.63) is 60.2 Å². The highest BCUT2D eigenvalue weighted by molar-refractivity contribution is 6.00. The number of hydrogen-bond donors (Lipinski definition) is 5. The van der Waals surface area contributed by atoms with Crippen molar-refractivity contribution in [1.29, 1.82) is 0 Å². The van der Waals surface area contributed by atoms with E-state index in [9.17, 15) is 19.8 Å². The second kappa shape index (κ2) is 10.8. The maximum atomic E-state index is 12.8. The summed E-state index contributed by atoms with van der Waals surface area (Å²) in [5.41, 5.74) is 2.01. The van der Waals surface area contributed by atoms with E-state index >= 15 is 0 Å². The average molecular weight is 412 g/mol. The molecule has 2 aromatic rings. The Morgan fingerprint density at radius 3 is 2.10 bits per heavy atom. The Morgan fingerprint density at radius 1 is 0.867 bits per heavy atom. The number of para-hydroxylation sites is 2. The Hall–Kier alpha value is -2.90. The Kier molecular flexibility index (Phi) is 7.82. The molecule has 0 aliphatic heterocycles. The van der Waals surface area contributed by atoms with Crippen molar-refractivity contribution >= 4 is 23.2 Å². The third kappa shape index (κ3) is 6.30. The molecule has 1 aliphatic rings. The number of benzene rings is 2. The second-order valence-corrected chi connectivity index (χ2v) is 7.63. The van der Waals surface area contributed by atoms with Crippen LogP contribution in [0.5, 0.6) is 0 Å². The maximum absolute atomic E-state index is 12.8. The molecule has 0 heterocycles. The number of aliphatic hydroxyl groups is 2. The molecule has 160 valence electrons. The molecule has 0 bridgehead atoms. The largest absolute Gasteiger partial charge is 0.394 e. The van der Waals surface area contributed by atoms with E-state index in [2.05, 4.69) is 16.0 Å². The summed E-state index contributed by atoms with van der Waals surface area (Å²) in [4.78, 5) is 24.7. The van der Waals surface area contributed by atoms with Crippen molar-refractivity contribution in [2.75, 3.05) is 18.5 Å². The van der Waals surface area contributed by atoms with Crippen LogP contribution in [-0.4, -0.2) is 47.3 Å². The lowest BCUT2D eigenvalue weighted by molar-refractivity contribution is -0.123. The number of carbonyl (C=O) groups is 2. The van der Waals surface area contributed by atoms with Crippen LogP contribution in [-0.2, 0) is 4.79 Å². The molecule has 1 fully saturated rings. The van der Waals surface area contributed by atoms with E-state index in [0.717, 1.165) is 18.5 Å². The molecule has 0 spiro atoms. The zero-order valence-electron chi connectivity index (χ0n) is 16.9. The molecule has 2 unspecified atom stereocenters. The molecule has 7 nitrogen and oxygen atoms in total. The standard InChI is InChI=1S/C23H29N3O4/c27-14-18(25-22(29)16-10-11-16)12-13-19(15-28)26-23(30)20-8-4-5-9-21(20)24-17-6-2-1-3-7-17/h1-9,16,18-19,24,27-28H,10-15H2,(H,25,29)(H,26,30). The normalized spacial score (nSPS) is 15.1. The lowest BCUT2D eigenvalue weighted by atomic mass is 10.1. The summed E-state index contributed by atoms with van der Waals surface area (Å²) in [6.45, 7) is -0.400. The number of amides is 2. The fourth-order valence-electron chi connectivity index (χ4n) is 3.22. The summed E-state index contributed by atoms with van der Waals surface area (Å²) < 4.78 is 0. The van der Waals surface area contributed by atoms with Gasteiger partial charge in [-0.3, -0.25) is 9.59 Å². The van der Waals surface area contributed by atoms with Gasteiger partial charge in [0.05, 0.1) is 36.5 Å². The van der Waals surface area contributed by atoms with Gasteiger partial charge in [0.1, 0.15) is 0 Å². The van der Waals surface area contributed by atoms with Gasteiger partial charge in [-0.15, -0.1) is 0 Å². The zero-order valence-corrected chi connectivity index (χ0v) is 16.9. The van der Waals surface area contributed by atoms with Crippen LogP contribution in [0, 0.1) is 5.92 Å². The van der Waals surface area contributed by atoms with E-state index in [0.29, 0.717) is 24.1 Å². The number of carbonyl (C=O) groups excluding carboxylic acids is 2. The van der Waals surface area contributed by atoms with E-state index in [-0.39, 0.29) is 37.0 Å². The van der Waals surface area contributed by atoms with Crippen LogP contribution in [0.2, 0.25) is 0 Å². The Bertz CT molecular complexity index is 839. The molecule has 1 saturated carbocycles. The first-order valence-electron chi connectivity index (χ1n) is 10.3. The Labute approximate surface area is 176 Å². The van der Waals surface area contributed by atoms with Crippen LogP contribution in [0.25, 0.3) is 0 Å². The predicted octanol–water partition coefficient (Wildman–Crippen LogP) is 2.19. The summed E-state index contributed by atoms with van der Waals surface area (Å²) >= 11 is 0. The third-order valence-corrected chi connectivity index (χ3v) is 5.16. The highest BCUT2D eigenvalue weighted by Gasteiger charge is 2.31. The molecular weight excluding hydrogens is 382 g/mol. The number of rotatable bonds is 11. The van der Waals surface area contributed by atoms with Gasteiger partial charge in [-0.25, -0.2) is 0 Å². The molecule has 2 atom stereocenters. The van der Waals surface area contributed by atoms with Gasteiger partial charge in [-0.2, -0.15) is 0 Å². The van der Waals surface area contributed by atoms with Gasteiger partial charge in [0.25, 0.3) is 5.91 Å². The first-order chi connectivity index (χ1) is 14.6. The van der Waals surface area contributed by atoms with Crippen molar-refractivity contribution in [2.24, 2.45) is 5.92 Å². The van der Waals surface area contributed by atoms with Crippen LogP contribution in [0.4, 0.5) is 11.4 Å². The summed E-state index contributed by atoms with van der Waals surface area (Å²) in [5.74, 6) is -0.254. The monoisotopic (exact) mass is 411 g/mol. The molecule has 0 radical (unpaired) electrons. The van der Waals surface area contributed by atoms with E-state index < -0.39 is 6.04 Å². The highest BCUT2D eigenvalue weighted by atomic mass is 16.3. The molecule has 30 heavy (non-hydrogen) atoms. The minimum absolute atomic E-state index is 0.0282. The van der Waals surface area contributed by atoms with Gasteiger partial charge in [-0.05, 0) is 49.9 Å². The maximum Gasteiger partial charge on any atom is 0.253 e. The minimum Gasteiger partial charge on any atom is -0.394 e. The van der Waals surface area contributed by atoms with Gasteiger partial charge in [-0.1, -0.05) is 30.3 Å². The number of aliphatic hydroxyl groups excluding tert-OH is 2. The summed E-state index contributed by atoms with van der Waals surface area (Å²) in [7, 11) is 0. The lowest BCUT2D eigenvalue weighted by Crippen LogP contribution is -2.42. The smallest absolute Gasteiger partial charge is 0.253 e. The molecule has 5 N–H and O–H groups in total. The average Bonchev–Trinajstić information content (AvgIpc) is 3.62. The first kappa shape index (κ1) is 21.8. The van der Waals surface area contributed by atoms with Crippen LogP contribution < -0.4 is 16.0 Å². The van der Waals surface area contributed by atoms with Crippen molar-refractivity contribution in [1.82, 2.24) is 10.6 Å². The lowest BCUT2D eigenvalue weighted by Gasteiger charge is -2.21. The Balaban J connectivity index is 1.57. The molecule has 0 aromatic heterocycles. The fourth-order valence-corrected chi connectivity index (χ4v) is 3.22. The molecular formula is C23H29N3O4. The van der Waals surface area contributed by atoms with E-state index in [4.69, 9.17) is 0 Å². The zero-order chi connectivity index (χ0) is 21.3. The third-order valence-electron chi connectivity index (χ3n) is 5.16. The van der Waals surface area contributed by atoms with Crippen molar-refractivity contribution in [2.45, 2.75) is 37.8 Å². The molecule has 1 aliphatic carbocycles. The molecule has 2 aromatic carbocycles. The van der Waals surface area contributed by atoms with Crippen molar-refractivity contribution < 1.29 is 19.8 Å². The van der Waals surface area contributed by atoms with Crippen molar-refractivity contribution in [3.8, 4) is 0 Å². The SMILES string of the molecule is O=C(NC(CO)CCC(CO)NC(=O)C1CC1)c1ccccc1Nc1ccccc1. The number of nitrogens with one attached hydrogen (secondary N) is 3. The van der Waals surface area contributed by atoms with Gasteiger partial charge < -0.3 is 26.2 Å².